The monoisotopic (exact) mass is 174 g/mol. The summed E-state index contributed by atoms with van der Waals surface area (Å²) in [7, 11) is 0. The minimum absolute atomic E-state index is 0.0772. The van der Waals surface area contributed by atoms with Gasteiger partial charge in [-0.3, -0.25) is 4.79 Å². The Labute approximate surface area is 75.2 Å². The molecule has 0 amide bonds. The van der Waals surface area contributed by atoms with Crippen LogP contribution in [0.3, 0.4) is 0 Å². The smallest absolute Gasteiger partial charge is 0.320 e. The summed E-state index contributed by atoms with van der Waals surface area (Å²) in [4.78, 5) is 19.5. The van der Waals surface area contributed by atoms with Crippen LogP contribution < -0.4 is 0 Å². The molecule has 0 aliphatic heterocycles. The van der Waals surface area contributed by atoms with Gasteiger partial charge in [0.15, 0.2) is 0 Å². The Bertz CT molecular complexity index is 142. The average molecular weight is 174 g/mol. The molecule has 0 unspecified atom stereocenters. The lowest BCUT2D eigenvalue weighted by molar-refractivity contribution is -0.134. The summed E-state index contributed by atoms with van der Waals surface area (Å²) in [6.07, 6.45) is 0. The van der Waals surface area contributed by atoms with Crippen molar-refractivity contribution in [1.29, 1.82) is 0 Å². The maximum absolute atomic E-state index is 10.5. The van der Waals surface area contributed by atoms with Gasteiger partial charge in [0.1, 0.15) is 0 Å². The molecule has 0 atom stereocenters. The van der Waals surface area contributed by atoms with Gasteiger partial charge in [0.25, 0.3) is 5.97 Å². The Kier molecular flexibility index (Phi) is 6.44. The Morgan fingerprint density at radius 2 is 1.36 bits per heavy atom. The van der Waals surface area contributed by atoms with Crippen LogP contribution in [0.15, 0.2) is 0 Å². The van der Waals surface area contributed by atoms with E-state index in [1.165, 1.54) is 0 Å². The van der Waals surface area contributed by atoms with E-state index >= 15 is 0 Å². The first-order chi connectivity index (χ1) is 4.68. The van der Waals surface area contributed by atoms with E-state index in [0.29, 0.717) is 20.9 Å². The van der Waals surface area contributed by atoms with Gasteiger partial charge >= 0.3 is 16.3 Å². The van der Waals surface area contributed by atoms with Gasteiger partial charge in [-0.05, 0) is 0 Å². The molecule has 11 heavy (non-hydrogen) atoms. The molecule has 0 rings (SSSR count). The molecule has 0 spiro atoms. The van der Waals surface area contributed by atoms with Gasteiger partial charge in [0.05, 0.1) is 0 Å². The second-order valence-electron chi connectivity index (χ2n) is 3.33. The van der Waals surface area contributed by atoms with E-state index in [1.807, 2.05) is 20.8 Å². The molecule has 0 aliphatic carbocycles. The lowest BCUT2D eigenvalue weighted by Crippen LogP contribution is -2.19. The van der Waals surface area contributed by atoms with Crippen molar-refractivity contribution in [3.63, 3.8) is 0 Å². The molecule has 0 fully saturated rings. The van der Waals surface area contributed by atoms with Crippen molar-refractivity contribution in [1.82, 2.24) is 0 Å². The number of rotatable bonds is 0. The van der Waals surface area contributed by atoms with Gasteiger partial charge in [-0.1, -0.05) is 20.8 Å². The third kappa shape index (κ3) is 17.7. The third-order valence-corrected chi connectivity index (χ3v) is 2.56. The maximum atomic E-state index is 10.5. The fourth-order valence-electron chi connectivity index (χ4n) is 0. The van der Waals surface area contributed by atoms with E-state index in [9.17, 15) is 4.79 Å². The molecule has 0 saturated heterocycles. The van der Waals surface area contributed by atoms with Crippen molar-refractivity contribution in [2.75, 3.05) is 0 Å². The highest BCUT2D eigenvalue weighted by Gasteiger charge is 2.13. The number of aliphatic carboxylic acids is 1. The van der Waals surface area contributed by atoms with Gasteiger partial charge in [0, 0.05) is 17.0 Å². The van der Waals surface area contributed by atoms with Crippen LogP contribution in [-0.2, 0) is 9.59 Å². The quantitative estimate of drug-likeness (QED) is 0.537. The number of hydrogen-bond acceptors (Lipinski definition) is 2. The van der Waals surface area contributed by atoms with Crippen LogP contribution in [0.1, 0.15) is 27.7 Å². The zero-order valence-corrected chi connectivity index (χ0v) is 9.76. The molecule has 0 bridgehead atoms. The van der Waals surface area contributed by atoms with Gasteiger partial charge in [-0.25, -0.2) is 0 Å². The lowest BCUT2D eigenvalue weighted by Gasteiger charge is -2.12. The van der Waals surface area contributed by atoms with Crippen LogP contribution in [0.25, 0.3) is 0 Å². The zero-order chi connectivity index (χ0) is 9.65. The number of carbonyl (C=O) groups excluding carboxylic acids is 1. The Morgan fingerprint density at radius 1 is 1.27 bits per heavy atom. The predicted molar refractivity (Wildman–Crippen MR) is 46.3 cm³/mol. The molecule has 4 heteroatoms. The van der Waals surface area contributed by atoms with E-state index in [-0.39, 0.29) is 5.41 Å². The largest absolute Gasteiger partial charge is 0.481 e. The van der Waals surface area contributed by atoms with Crippen molar-refractivity contribution in [2.45, 2.75) is 27.7 Å². The normalized spacial score (nSPS) is 9.45. The summed E-state index contributed by atoms with van der Waals surface area (Å²) in [6, 6.07) is 0. The summed E-state index contributed by atoms with van der Waals surface area (Å²) in [6.45, 7) is 6.92. The first-order valence-corrected chi connectivity index (χ1v) is 4.38. The molecule has 1 N–H and O–H groups in total. The highest BCUT2D eigenvalue weighted by molar-refractivity contribution is 6.58. The van der Waals surface area contributed by atoms with Crippen LogP contribution in [-0.4, -0.2) is 32.0 Å². The molecular weight excluding hydrogens is 159 g/mol. The lowest BCUT2D eigenvalue weighted by atomic mass is 9.99. The number of carboxylic acids is 1. The van der Waals surface area contributed by atoms with Crippen LogP contribution >= 0.6 is 0 Å². The summed E-state index contributed by atoms with van der Waals surface area (Å²) >= 11 is 0.689. The number of carboxylic acid groups (broad SMARTS) is 1. The molecule has 0 aromatic rings. The summed E-state index contributed by atoms with van der Waals surface area (Å²) < 4.78 is 0.382. The maximum Gasteiger partial charge on any atom is 0.320 e. The highest BCUT2D eigenvalue weighted by Crippen LogP contribution is 2.10. The number of hydrogen-bond donors (Lipinski definition) is 1. The Balaban J connectivity index is 0. The molecule has 3 nitrogen and oxygen atoms in total. The highest BCUT2D eigenvalue weighted by atomic mass is 27.0. The van der Waals surface area contributed by atoms with E-state index in [2.05, 4.69) is 0 Å². The summed E-state index contributed by atoms with van der Waals surface area (Å²) in [5.41, 5.74) is -0.0772. The van der Waals surface area contributed by atoms with Crippen molar-refractivity contribution < 1.29 is 14.7 Å². The van der Waals surface area contributed by atoms with Gasteiger partial charge in [-0.15, -0.1) is 0 Å². The fraction of sp³-hybridized carbons (Fsp3) is 0.714. The molecule has 0 saturated carbocycles. The molecule has 0 aliphatic rings. The van der Waals surface area contributed by atoms with Crippen LogP contribution in [0, 0.1) is 5.41 Å². The molecule has 0 heterocycles. The van der Waals surface area contributed by atoms with Crippen LogP contribution in [0.4, 0.5) is 0 Å². The van der Waals surface area contributed by atoms with E-state index in [0.717, 1.165) is 6.92 Å². The van der Waals surface area contributed by atoms with E-state index in [4.69, 9.17) is 9.90 Å². The standard InChI is InChI=1S/C5H9O.C2H4O2.Al.2H/c1-5(2,3)4-6;1-2(3)4;;;/h1-3H3;1H3,(H,3,4);;;. The molecule has 64 valence electrons. The van der Waals surface area contributed by atoms with Gasteiger partial charge < -0.3 is 9.90 Å². The Hall–Kier alpha value is -0.328. The van der Waals surface area contributed by atoms with Crippen molar-refractivity contribution in [3.05, 3.63) is 0 Å². The minimum atomic E-state index is -0.833. The topological polar surface area (TPSA) is 54.4 Å². The van der Waals surface area contributed by atoms with Crippen LogP contribution in [0.5, 0.6) is 0 Å². The third-order valence-electron chi connectivity index (χ3n) is 1.06. The second kappa shape index (κ2) is 5.34. The fourth-order valence-corrected chi connectivity index (χ4v) is 0. The van der Waals surface area contributed by atoms with E-state index in [1.54, 1.807) is 0 Å². The first kappa shape index (κ1) is 13.3. The minimum Gasteiger partial charge on any atom is -0.481 e. The SMILES string of the molecule is CC(=O)O.CC(C)(C)[C](=O)[AlH2]. The van der Waals surface area contributed by atoms with Crippen molar-refractivity contribution in [3.8, 4) is 0 Å². The molecular formula is C7H15AlO3. The summed E-state index contributed by atoms with van der Waals surface area (Å²) in [5, 5.41) is 7.42. The number of carbonyl (C=O) groups is 2. The van der Waals surface area contributed by atoms with E-state index < -0.39 is 5.97 Å². The van der Waals surface area contributed by atoms with Crippen molar-refractivity contribution >= 4 is 26.9 Å². The summed E-state index contributed by atoms with van der Waals surface area (Å²) in [5.74, 6) is -0.833. The molecule has 0 radical (unpaired) electrons. The van der Waals surface area contributed by atoms with Crippen LogP contribution in [0.2, 0.25) is 0 Å². The van der Waals surface area contributed by atoms with Gasteiger partial charge in [0.2, 0.25) is 0 Å². The Morgan fingerprint density at radius 3 is 1.36 bits per heavy atom. The second-order valence-corrected chi connectivity index (χ2v) is 4.23. The van der Waals surface area contributed by atoms with Gasteiger partial charge in [-0.2, -0.15) is 0 Å². The average Bonchev–Trinajstić information content (AvgIpc) is 1.59. The van der Waals surface area contributed by atoms with Crippen molar-refractivity contribution in [2.24, 2.45) is 5.41 Å². The zero-order valence-electron chi connectivity index (χ0n) is 7.76. The molecule has 0 aromatic carbocycles. The predicted octanol–water partition coefficient (Wildman–Crippen LogP) is 0.283. The molecule has 0 aromatic heterocycles. The first-order valence-electron chi connectivity index (χ1n) is 3.38.